The third-order valence-electron chi connectivity index (χ3n) is 3.46. The molecule has 126 valence electrons. The largest absolute Gasteiger partial charge is 0.352 e. The maximum absolute atomic E-state index is 13.8. The zero-order valence-corrected chi connectivity index (χ0v) is 14.8. The molecule has 0 saturated carbocycles. The number of rotatable bonds is 4. The van der Waals surface area contributed by atoms with E-state index in [4.69, 9.17) is 0 Å². The minimum absolute atomic E-state index is 0.0425. The molecular weight excluding hydrogens is 404 g/mol. The lowest BCUT2D eigenvalue weighted by Gasteiger charge is -2.11. The van der Waals surface area contributed by atoms with Gasteiger partial charge < -0.3 is 5.32 Å². The number of pyridine rings is 1. The van der Waals surface area contributed by atoms with E-state index >= 15 is 0 Å². The van der Waals surface area contributed by atoms with E-state index in [1.54, 1.807) is 13.0 Å². The van der Waals surface area contributed by atoms with E-state index in [1.807, 2.05) is 0 Å². The summed E-state index contributed by atoms with van der Waals surface area (Å²) in [5, 5.41) is 2.91. The summed E-state index contributed by atoms with van der Waals surface area (Å²) < 4.78 is 52.8. The van der Waals surface area contributed by atoms with E-state index in [0.717, 1.165) is 12.1 Å². The van der Waals surface area contributed by atoms with E-state index in [0.29, 0.717) is 15.8 Å². The second-order valence-corrected chi connectivity index (χ2v) is 8.09. The molecule has 2 aromatic heterocycles. The lowest BCUT2D eigenvalue weighted by Crippen LogP contribution is -2.07. The minimum atomic E-state index is -3.42. The van der Waals surface area contributed by atoms with Gasteiger partial charge in [-0.3, -0.25) is 4.40 Å². The van der Waals surface area contributed by atoms with E-state index in [-0.39, 0.29) is 16.5 Å². The standard InChI is InChI=1S/C15H12BrF2N3O2S/c1-2-24(22,23)15-7-19-14-6-13(10(16)8-21(14)15)20-12-4-3-9(17)5-11(12)18/h3-8,20H,2H2,1H3. The van der Waals surface area contributed by atoms with E-state index in [1.165, 1.54) is 22.9 Å². The molecule has 1 N–H and O–H groups in total. The molecule has 2 heterocycles. The molecule has 0 fully saturated rings. The van der Waals surface area contributed by atoms with E-state index in [2.05, 4.69) is 26.2 Å². The predicted molar refractivity (Wildman–Crippen MR) is 90.3 cm³/mol. The first-order chi connectivity index (χ1) is 11.3. The van der Waals surface area contributed by atoms with Crippen molar-refractivity contribution in [1.29, 1.82) is 0 Å². The Kier molecular flexibility index (Phi) is 4.31. The van der Waals surface area contributed by atoms with Gasteiger partial charge >= 0.3 is 0 Å². The van der Waals surface area contributed by atoms with Crippen LogP contribution in [0.25, 0.3) is 5.65 Å². The lowest BCUT2D eigenvalue weighted by atomic mass is 10.2. The van der Waals surface area contributed by atoms with Crippen LogP contribution in [0.5, 0.6) is 0 Å². The summed E-state index contributed by atoms with van der Waals surface area (Å²) in [7, 11) is -3.42. The number of fused-ring (bicyclic) bond motifs is 1. The van der Waals surface area contributed by atoms with Crippen LogP contribution in [0.15, 0.2) is 46.2 Å². The van der Waals surface area contributed by atoms with Crippen molar-refractivity contribution in [3.63, 3.8) is 0 Å². The molecule has 9 heteroatoms. The summed E-state index contributed by atoms with van der Waals surface area (Å²) in [5.74, 6) is -1.45. The van der Waals surface area contributed by atoms with Gasteiger partial charge in [0.15, 0.2) is 14.9 Å². The molecule has 0 bridgehead atoms. The van der Waals surface area contributed by atoms with Crippen molar-refractivity contribution in [3.8, 4) is 0 Å². The molecule has 1 aromatic carbocycles. The number of anilines is 2. The molecule has 0 radical (unpaired) electrons. The van der Waals surface area contributed by atoms with Gasteiger partial charge in [0.25, 0.3) is 0 Å². The zero-order valence-electron chi connectivity index (χ0n) is 12.4. The zero-order chi connectivity index (χ0) is 17.5. The first-order valence-electron chi connectivity index (χ1n) is 6.93. The molecule has 24 heavy (non-hydrogen) atoms. The SMILES string of the molecule is CCS(=O)(=O)c1cnc2cc(Nc3ccc(F)cc3F)c(Br)cn12. The number of benzene rings is 1. The Morgan fingerprint density at radius 2 is 2.00 bits per heavy atom. The first kappa shape index (κ1) is 16.8. The van der Waals surface area contributed by atoms with Gasteiger partial charge in [0.1, 0.15) is 17.3 Å². The highest BCUT2D eigenvalue weighted by molar-refractivity contribution is 9.10. The minimum Gasteiger partial charge on any atom is -0.352 e. The van der Waals surface area contributed by atoms with Crippen LogP contribution in [0.2, 0.25) is 0 Å². The number of aromatic nitrogens is 2. The molecule has 3 rings (SSSR count). The van der Waals surface area contributed by atoms with E-state index in [9.17, 15) is 17.2 Å². The summed E-state index contributed by atoms with van der Waals surface area (Å²) in [6.45, 7) is 1.55. The van der Waals surface area contributed by atoms with E-state index < -0.39 is 21.5 Å². The smallest absolute Gasteiger partial charge is 0.195 e. The Hall–Kier alpha value is -2.00. The molecule has 0 amide bonds. The fourth-order valence-corrected chi connectivity index (χ4v) is 3.56. The normalized spacial score (nSPS) is 11.8. The maximum atomic E-state index is 13.8. The summed E-state index contributed by atoms with van der Waals surface area (Å²) in [5.41, 5.74) is 0.948. The Morgan fingerprint density at radius 3 is 2.67 bits per heavy atom. The molecule has 0 aliphatic heterocycles. The second-order valence-electron chi connectivity index (χ2n) is 5.01. The fourth-order valence-electron chi connectivity index (χ4n) is 2.19. The maximum Gasteiger partial charge on any atom is 0.195 e. The van der Waals surface area contributed by atoms with Crippen molar-refractivity contribution in [2.24, 2.45) is 0 Å². The van der Waals surface area contributed by atoms with Gasteiger partial charge in [-0.1, -0.05) is 6.92 Å². The van der Waals surface area contributed by atoms with Crippen LogP contribution >= 0.6 is 15.9 Å². The second kappa shape index (κ2) is 6.14. The Bertz CT molecular complexity index is 1030. The van der Waals surface area contributed by atoms with Crippen LogP contribution in [0.1, 0.15) is 6.92 Å². The number of imidazole rings is 1. The number of sulfone groups is 1. The summed E-state index contributed by atoms with van der Waals surface area (Å²) >= 11 is 3.32. The number of nitrogens with zero attached hydrogens (tertiary/aromatic N) is 2. The van der Waals surface area contributed by atoms with Crippen molar-refractivity contribution in [1.82, 2.24) is 9.38 Å². The Balaban J connectivity index is 2.06. The molecular formula is C15H12BrF2N3O2S. The third-order valence-corrected chi connectivity index (χ3v) is 5.80. The van der Waals surface area contributed by atoms with Gasteiger partial charge in [-0.15, -0.1) is 0 Å². The van der Waals surface area contributed by atoms with Gasteiger partial charge in [-0.2, -0.15) is 0 Å². The molecule has 5 nitrogen and oxygen atoms in total. The van der Waals surface area contributed by atoms with Crippen LogP contribution in [0, 0.1) is 11.6 Å². The van der Waals surface area contributed by atoms with Gasteiger partial charge in [-0.05, 0) is 28.1 Å². The quantitative estimate of drug-likeness (QED) is 0.701. The molecule has 0 aliphatic rings. The number of nitrogens with one attached hydrogen (secondary N) is 1. The van der Waals surface area contributed by atoms with Gasteiger partial charge in [0.05, 0.1) is 27.8 Å². The van der Waals surface area contributed by atoms with Crippen LogP contribution in [-0.4, -0.2) is 23.6 Å². The first-order valence-corrected chi connectivity index (χ1v) is 9.38. The molecule has 3 aromatic rings. The summed E-state index contributed by atoms with van der Waals surface area (Å²) in [6, 6.07) is 4.76. The molecule has 0 saturated heterocycles. The highest BCUT2D eigenvalue weighted by Crippen LogP contribution is 2.30. The van der Waals surface area contributed by atoms with Gasteiger partial charge in [0.2, 0.25) is 0 Å². The number of hydrogen-bond acceptors (Lipinski definition) is 4. The third kappa shape index (κ3) is 3.01. The summed E-state index contributed by atoms with van der Waals surface area (Å²) in [4.78, 5) is 4.08. The van der Waals surface area contributed by atoms with Crippen molar-refractivity contribution in [2.45, 2.75) is 11.9 Å². The Labute approximate surface area is 145 Å². The van der Waals surface area contributed by atoms with Crippen LogP contribution in [-0.2, 0) is 9.84 Å². The van der Waals surface area contributed by atoms with Gasteiger partial charge in [0, 0.05) is 18.3 Å². The predicted octanol–water partition coefficient (Wildman–Crippen LogP) is 3.91. The average molecular weight is 416 g/mol. The van der Waals surface area contributed by atoms with Crippen LogP contribution in [0.4, 0.5) is 20.2 Å². The lowest BCUT2D eigenvalue weighted by molar-refractivity contribution is 0.586. The topological polar surface area (TPSA) is 63.5 Å². The molecule has 0 spiro atoms. The molecule has 0 aliphatic carbocycles. The van der Waals surface area contributed by atoms with Crippen LogP contribution in [0.3, 0.4) is 0 Å². The summed E-state index contributed by atoms with van der Waals surface area (Å²) in [6.07, 6.45) is 2.82. The van der Waals surface area contributed by atoms with Crippen molar-refractivity contribution in [3.05, 3.63) is 52.8 Å². The number of halogens is 3. The fraction of sp³-hybridized carbons (Fsp3) is 0.133. The Morgan fingerprint density at radius 1 is 1.25 bits per heavy atom. The van der Waals surface area contributed by atoms with Gasteiger partial charge in [-0.25, -0.2) is 22.2 Å². The highest BCUT2D eigenvalue weighted by Gasteiger charge is 2.18. The monoisotopic (exact) mass is 415 g/mol. The number of hydrogen-bond donors (Lipinski definition) is 1. The van der Waals surface area contributed by atoms with Crippen molar-refractivity contribution >= 4 is 42.8 Å². The molecule has 0 atom stereocenters. The molecule has 0 unspecified atom stereocenters. The van der Waals surface area contributed by atoms with Crippen molar-refractivity contribution in [2.75, 3.05) is 11.1 Å². The van der Waals surface area contributed by atoms with Crippen LogP contribution < -0.4 is 5.32 Å². The van der Waals surface area contributed by atoms with Crippen molar-refractivity contribution < 1.29 is 17.2 Å². The highest BCUT2D eigenvalue weighted by atomic mass is 79.9. The average Bonchev–Trinajstić information content (AvgIpc) is 2.93.